The van der Waals surface area contributed by atoms with Gasteiger partial charge in [0.1, 0.15) is 5.78 Å². The lowest BCUT2D eigenvalue weighted by Crippen LogP contribution is -2.00. The number of rotatable bonds is 5. The molecule has 0 saturated heterocycles. The molecule has 1 aromatic rings. The van der Waals surface area contributed by atoms with Crippen molar-refractivity contribution in [2.75, 3.05) is 5.75 Å². The van der Waals surface area contributed by atoms with Gasteiger partial charge in [0.2, 0.25) is 0 Å². The number of hydrogen-bond acceptors (Lipinski definition) is 2. The van der Waals surface area contributed by atoms with E-state index in [0.717, 1.165) is 4.90 Å². The van der Waals surface area contributed by atoms with E-state index < -0.39 is 0 Å². The molecule has 0 aliphatic heterocycles. The zero-order valence-corrected chi connectivity index (χ0v) is 9.64. The fourth-order valence-corrected chi connectivity index (χ4v) is 1.88. The van der Waals surface area contributed by atoms with Gasteiger partial charge in [-0.3, -0.25) is 4.79 Å². The summed E-state index contributed by atoms with van der Waals surface area (Å²) in [7, 11) is 0. The van der Waals surface area contributed by atoms with Crippen LogP contribution in [0.2, 0.25) is 0 Å². The van der Waals surface area contributed by atoms with E-state index in [1.807, 2.05) is 31.2 Å². The molecule has 0 amide bonds. The summed E-state index contributed by atoms with van der Waals surface area (Å²) in [6, 6.07) is 8.17. The van der Waals surface area contributed by atoms with Crippen molar-refractivity contribution < 1.29 is 4.79 Å². The molecule has 0 saturated carbocycles. The Bertz CT molecular complexity index is 359. The van der Waals surface area contributed by atoms with Crippen LogP contribution in [0.15, 0.2) is 29.2 Å². The fourth-order valence-electron chi connectivity index (χ4n) is 1.08. The largest absolute Gasteiger partial charge is 0.299 e. The standard InChI is InChI=1S/C13H14OS/c1-3-4-5-12(14)10-15-13-8-6-11(2)7-9-13/h1,6-9H,4-5,10H2,2H3. The van der Waals surface area contributed by atoms with E-state index in [4.69, 9.17) is 6.42 Å². The summed E-state index contributed by atoms with van der Waals surface area (Å²) in [6.07, 6.45) is 6.14. The highest BCUT2D eigenvalue weighted by molar-refractivity contribution is 8.00. The second kappa shape index (κ2) is 6.31. The third-order valence-electron chi connectivity index (χ3n) is 1.97. The van der Waals surface area contributed by atoms with Crippen LogP contribution < -0.4 is 0 Å². The second-order valence-corrected chi connectivity index (χ2v) is 4.39. The van der Waals surface area contributed by atoms with Crippen LogP contribution in [-0.2, 0) is 4.79 Å². The second-order valence-electron chi connectivity index (χ2n) is 3.34. The minimum atomic E-state index is 0.221. The molecule has 2 heteroatoms. The molecular weight excluding hydrogens is 204 g/mol. The molecule has 0 radical (unpaired) electrons. The van der Waals surface area contributed by atoms with Crippen molar-refractivity contribution in [1.82, 2.24) is 0 Å². The Kier molecular flexibility index (Phi) is 5.00. The Labute approximate surface area is 95.3 Å². The number of hydrogen-bond donors (Lipinski definition) is 0. The molecule has 0 spiro atoms. The summed E-state index contributed by atoms with van der Waals surface area (Å²) in [6.45, 7) is 2.05. The lowest BCUT2D eigenvalue weighted by molar-refractivity contribution is -0.116. The van der Waals surface area contributed by atoms with Gasteiger partial charge in [0.25, 0.3) is 0 Å². The highest BCUT2D eigenvalue weighted by Gasteiger charge is 2.01. The molecule has 0 unspecified atom stereocenters. The van der Waals surface area contributed by atoms with Crippen LogP contribution in [0, 0.1) is 19.3 Å². The zero-order chi connectivity index (χ0) is 11.1. The maximum Gasteiger partial charge on any atom is 0.144 e. The lowest BCUT2D eigenvalue weighted by Gasteiger charge is -2.00. The van der Waals surface area contributed by atoms with E-state index in [0.29, 0.717) is 18.6 Å². The summed E-state index contributed by atoms with van der Waals surface area (Å²) >= 11 is 1.57. The van der Waals surface area contributed by atoms with Gasteiger partial charge in [-0.1, -0.05) is 17.7 Å². The Morgan fingerprint density at radius 1 is 1.40 bits per heavy atom. The Hall–Kier alpha value is -1.20. The monoisotopic (exact) mass is 218 g/mol. The normalized spacial score (nSPS) is 9.60. The number of benzene rings is 1. The minimum absolute atomic E-state index is 0.221. The molecule has 0 heterocycles. The summed E-state index contributed by atoms with van der Waals surface area (Å²) < 4.78 is 0. The number of thioether (sulfide) groups is 1. The summed E-state index contributed by atoms with van der Waals surface area (Å²) in [4.78, 5) is 12.5. The molecule has 0 N–H and O–H groups in total. The van der Waals surface area contributed by atoms with Crippen LogP contribution in [0.4, 0.5) is 0 Å². The number of Topliss-reactive ketones (excluding diaryl/α,β-unsaturated/α-hetero) is 1. The SMILES string of the molecule is C#CCCC(=O)CSc1ccc(C)cc1. The summed E-state index contributed by atoms with van der Waals surface area (Å²) in [5.74, 6) is 3.21. The molecule has 0 aliphatic rings. The van der Waals surface area contributed by atoms with Crippen LogP contribution in [0.3, 0.4) is 0 Å². The van der Waals surface area contributed by atoms with Crippen LogP contribution in [0.1, 0.15) is 18.4 Å². The van der Waals surface area contributed by atoms with E-state index in [-0.39, 0.29) is 5.78 Å². The number of carbonyl (C=O) groups excluding carboxylic acids is 1. The van der Waals surface area contributed by atoms with Crippen molar-refractivity contribution in [3.8, 4) is 12.3 Å². The lowest BCUT2D eigenvalue weighted by atomic mass is 10.2. The highest BCUT2D eigenvalue weighted by Crippen LogP contribution is 2.18. The van der Waals surface area contributed by atoms with Crippen molar-refractivity contribution in [3.63, 3.8) is 0 Å². The van der Waals surface area contributed by atoms with Crippen molar-refractivity contribution in [2.24, 2.45) is 0 Å². The van der Waals surface area contributed by atoms with Crippen LogP contribution in [-0.4, -0.2) is 11.5 Å². The first-order valence-electron chi connectivity index (χ1n) is 4.87. The topological polar surface area (TPSA) is 17.1 Å². The van der Waals surface area contributed by atoms with Gasteiger partial charge in [-0.15, -0.1) is 24.1 Å². The Morgan fingerprint density at radius 3 is 2.67 bits per heavy atom. The van der Waals surface area contributed by atoms with Gasteiger partial charge < -0.3 is 0 Å². The first-order valence-corrected chi connectivity index (χ1v) is 5.85. The van der Waals surface area contributed by atoms with E-state index >= 15 is 0 Å². The quantitative estimate of drug-likeness (QED) is 0.558. The summed E-state index contributed by atoms with van der Waals surface area (Å²) in [5, 5.41) is 0. The summed E-state index contributed by atoms with van der Waals surface area (Å²) in [5.41, 5.74) is 1.23. The molecule has 0 bridgehead atoms. The van der Waals surface area contributed by atoms with E-state index in [1.54, 1.807) is 11.8 Å². The average molecular weight is 218 g/mol. The molecule has 0 aromatic heterocycles. The molecule has 1 nitrogen and oxygen atoms in total. The predicted octanol–water partition coefficient (Wildman–Crippen LogP) is 3.07. The van der Waals surface area contributed by atoms with Crippen LogP contribution >= 0.6 is 11.8 Å². The smallest absolute Gasteiger partial charge is 0.144 e. The van der Waals surface area contributed by atoms with E-state index in [1.165, 1.54) is 5.56 Å². The van der Waals surface area contributed by atoms with Gasteiger partial charge in [-0.25, -0.2) is 0 Å². The average Bonchev–Trinajstić information content (AvgIpc) is 2.25. The third-order valence-corrected chi connectivity index (χ3v) is 3.04. The van der Waals surface area contributed by atoms with Gasteiger partial charge in [0.15, 0.2) is 0 Å². The van der Waals surface area contributed by atoms with E-state index in [9.17, 15) is 4.79 Å². The van der Waals surface area contributed by atoms with Crippen molar-refractivity contribution >= 4 is 17.5 Å². The highest BCUT2D eigenvalue weighted by atomic mass is 32.2. The molecular formula is C13H14OS. The Balaban J connectivity index is 2.34. The molecule has 1 rings (SSSR count). The predicted molar refractivity (Wildman–Crippen MR) is 65.0 cm³/mol. The number of carbonyl (C=O) groups is 1. The van der Waals surface area contributed by atoms with Crippen LogP contribution in [0.25, 0.3) is 0 Å². The first-order chi connectivity index (χ1) is 7.22. The molecule has 1 aromatic carbocycles. The maximum absolute atomic E-state index is 11.3. The number of ketones is 1. The van der Waals surface area contributed by atoms with E-state index in [2.05, 4.69) is 5.92 Å². The van der Waals surface area contributed by atoms with Crippen molar-refractivity contribution in [1.29, 1.82) is 0 Å². The van der Waals surface area contributed by atoms with Gasteiger partial charge in [-0.2, -0.15) is 0 Å². The molecule has 15 heavy (non-hydrogen) atoms. The van der Waals surface area contributed by atoms with Gasteiger partial charge >= 0.3 is 0 Å². The van der Waals surface area contributed by atoms with Crippen LogP contribution in [0.5, 0.6) is 0 Å². The fraction of sp³-hybridized carbons (Fsp3) is 0.308. The molecule has 0 atom stereocenters. The molecule has 0 fully saturated rings. The minimum Gasteiger partial charge on any atom is -0.299 e. The number of terminal acetylenes is 1. The maximum atomic E-state index is 11.3. The van der Waals surface area contributed by atoms with Crippen molar-refractivity contribution in [3.05, 3.63) is 29.8 Å². The van der Waals surface area contributed by atoms with Gasteiger partial charge in [0.05, 0.1) is 5.75 Å². The first kappa shape index (κ1) is 11.9. The molecule has 0 aliphatic carbocycles. The Morgan fingerprint density at radius 2 is 2.07 bits per heavy atom. The van der Waals surface area contributed by atoms with Gasteiger partial charge in [-0.05, 0) is 19.1 Å². The zero-order valence-electron chi connectivity index (χ0n) is 8.82. The third kappa shape index (κ3) is 4.71. The van der Waals surface area contributed by atoms with Gasteiger partial charge in [0, 0.05) is 17.7 Å². The van der Waals surface area contributed by atoms with Crippen molar-refractivity contribution in [2.45, 2.75) is 24.7 Å². The number of aryl methyl sites for hydroxylation is 1. The molecule has 78 valence electrons.